The predicted molar refractivity (Wildman–Crippen MR) is 100 cm³/mol. The highest BCUT2D eigenvalue weighted by Crippen LogP contribution is 2.14. The number of carbonyl (C=O) groups is 2. The van der Waals surface area contributed by atoms with E-state index in [-0.39, 0.29) is 11.7 Å². The average Bonchev–Trinajstić information content (AvgIpc) is 2.68. The summed E-state index contributed by atoms with van der Waals surface area (Å²) < 4.78 is 0. The third kappa shape index (κ3) is 4.51. The first kappa shape index (κ1) is 17.3. The van der Waals surface area contributed by atoms with Crippen LogP contribution in [-0.4, -0.2) is 21.7 Å². The maximum Gasteiger partial charge on any atom is 0.257 e. The zero-order valence-electron chi connectivity index (χ0n) is 14.3. The first-order valence-electron chi connectivity index (χ1n) is 8.12. The van der Waals surface area contributed by atoms with Crippen LogP contribution in [0.1, 0.15) is 33.2 Å². The van der Waals surface area contributed by atoms with Crippen molar-refractivity contribution in [2.24, 2.45) is 0 Å². The van der Waals surface area contributed by atoms with E-state index in [2.05, 4.69) is 20.6 Å². The largest absolute Gasteiger partial charge is 0.380 e. The second-order valence-electron chi connectivity index (χ2n) is 5.76. The van der Waals surface area contributed by atoms with Crippen molar-refractivity contribution in [3.8, 4) is 0 Å². The van der Waals surface area contributed by atoms with Gasteiger partial charge in [0.2, 0.25) is 0 Å². The normalized spacial score (nSPS) is 10.2. The molecule has 2 heterocycles. The van der Waals surface area contributed by atoms with Gasteiger partial charge in [0.05, 0.1) is 11.3 Å². The Balaban J connectivity index is 1.65. The Kier molecular flexibility index (Phi) is 5.34. The Morgan fingerprint density at radius 2 is 1.62 bits per heavy atom. The first-order chi connectivity index (χ1) is 12.6. The van der Waals surface area contributed by atoms with Crippen LogP contribution in [0.2, 0.25) is 0 Å². The Labute approximate surface area is 151 Å². The van der Waals surface area contributed by atoms with Crippen LogP contribution in [0.3, 0.4) is 0 Å². The summed E-state index contributed by atoms with van der Waals surface area (Å²) in [6, 6.07) is 12.4. The number of Topliss-reactive ketones (excluding diaryl/α,β-unsaturated/α-hetero) is 1. The Morgan fingerprint density at radius 1 is 0.885 bits per heavy atom. The number of nitrogens with one attached hydrogen (secondary N) is 2. The third-order valence-electron chi connectivity index (χ3n) is 3.80. The van der Waals surface area contributed by atoms with Gasteiger partial charge in [0, 0.05) is 42.6 Å². The molecule has 6 nitrogen and oxygen atoms in total. The molecule has 0 saturated carbocycles. The van der Waals surface area contributed by atoms with Gasteiger partial charge < -0.3 is 10.6 Å². The van der Waals surface area contributed by atoms with Gasteiger partial charge in [-0.25, -0.2) is 0 Å². The molecule has 3 rings (SSSR count). The molecule has 26 heavy (non-hydrogen) atoms. The molecule has 0 aliphatic carbocycles. The SMILES string of the molecule is CC(=O)c1ccc(NC(=O)c2cncc(NCc3ccncc3)c2)cc1. The monoisotopic (exact) mass is 346 g/mol. The molecular weight excluding hydrogens is 328 g/mol. The van der Waals surface area contributed by atoms with E-state index < -0.39 is 0 Å². The molecular formula is C20H18N4O2. The van der Waals surface area contributed by atoms with Crippen molar-refractivity contribution in [1.29, 1.82) is 0 Å². The lowest BCUT2D eigenvalue weighted by Gasteiger charge is -2.09. The van der Waals surface area contributed by atoms with Gasteiger partial charge in [-0.05, 0) is 55.0 Å². The number of aromatic nitrogens is 2. The third-order valence-corrected chi connectivity index (χ3v) is 3.80. The van der Waals surface area contributed by atoms with Crippen LogP contribution in [0.5, 0.6) is 0 Å². The first-order valence-corrected chi connectivity index (χ1v) is 8.12. The van der Waals surface area contributed by atoms with Crippen molar-refractivity contribution in [3.63, 3.8) is 0 Å². The van der Waals surface area contributed by atoms with E-state index in [1.807, 2.05) is 12.1 Å². The van der Waals surface area contributed by atoms with Crippen LogP contribution in [0.25, 0.3) is 0 Å². The number of carbonyl (C=O) groups excluding carboxylic acids is 2. The second kappa shape index (κ2) is 8.02. The minimum atomic E-state index is -0.263. The highest BCUT2D eigenvalue weighted by molar-refractivity contribution is 6.04. The van der Waals surface area contributed by atoms with Crippen molar-refractivity contribution in [3.05, 3.63) is 83.9 Å². The zero-order chi connectivity index (χ0) is 18.4. The van der Waals surface area contributed by atoms with E-state index in [1.54, 1.807) is 48.9 Å². The number of anilines is 2. The van der Waals surface area contributed by atoms with Gasteiger partial charge in [0.1, 0.15) is 0 Å². The number of amides is 1. The molecule has 3 aromatic rings. The van der Waals surface area contributed by atoms with Crippen LogP contribution in [0.4, 0.5) is 11.4 Å². The van der Waals surface area contributed by atoms with Crippen LogP contribution >= 0.6 is 0 Å². The van der Waals surface area contributed by atoms with Crippen LogP contribution in [-0.2, 0) is 6.54 Å². The molecule has 0 radical (unpaired) electrons. The van der Waals surface area contributed by atoms with Gasteiger partial charge >= 0.3 is 0 Å². The summed E-state index contributed by atoms with van der Waals surface area (Å²) in [5.41, 5.74) is 3.50. The molecule has 1 amide bonds. The summed E-state index contributed by atoms with van der Waals surface area (Å²) in [6.45, 7) is 2.12. The minimum absolute atomic E-state index is 0.0138. The van der Waals surface area contributed by atoms with Crippen molar-refractivity contribution in [2.75, 3.05) is 10.6 Å². The van der Waals surface area contributed by atoms with Crippen LogP contribution < -0.4 is 10.6 Å². The van der Waals surface area contributed by atoms with Gasteiger partial charge in [-0.15, -0.1) is 0 Å². The topological polar surface area (TPSA) is 84.0 Å². The van der Waals surface area contributed by atoms with E-state index in [9.17, 15) is 9.59 Å². The Hall–Kier alpha value is -3.54. The van der Waals surface area contributed by atoms with E-state index in [0.29, 0.717) is 23.4 Å². The number of benzene rings is 1. The van der Waals surface area contributed by atoms with E-state index in [4.69, 9.17) is 0 Å². The quantitative estimate of drug-likeness (QED) is 0.667. The lowest BCUT2D eigenvalue weighted by molar-refractivity contribution is 0.101. The number of pyridine rings is 2. The average molecular weight is 346 g/mol. The van der Waals surface area contributed by atoms with Gasteiger partial charge in [0.15, 0.2) is 5.78 Å². The summed E-state index contributed by atoms with van der Waals surface area (Å²) >= 11 is 0. The lowest BCUT2D eigenvalue weighted by atomic mass is 10.1. The summed E-state index contributed by atoms with van der Waals surface area (Å²) in [6.07, 6.45) is 6.64. The van der Waals surface area contributed by atoms with Gasteiger partial charge in [-0.1, -0.05) is 0 Å². The summed E-state index contributed by atoms with van der Waals surface area (Å²) in [5, 5.41) is 6.03. The fourth-order valence-corrected chi connectivity index (χ4v) is 2.36. The predicted octanol–water partition coefficient (Wildman–Crippen LogP) is 3.54. The number of rotatable bonds is 6. The van der Waals surface area contributed by atoms with Gasteiger partial charge in [0.25, 0.3) is 5.91 Å². The second-order valence-corrected chi connectivity index (χ2v) is 5.76. The van der Waals surface area contributed by atoms with Crippen molar-refractivity contribution >= 4 is 23.1 Å². The molecule has 0 unspecified atom stereocenters. The highest BCUT2D eigenvalue weighted by Gasteiger charge is 2.08. The maximum absolute atomic E-state index is 12.4. The molecule has 0 saturated heterocycles. The number of hydrogen-bond acceptors (Lipinski definition) is 5. The molecule has 0 bridgehead atoms. The van der Waals surface area contributed by atoms with Crippen molar-refractivity contribution in [1.82, 2.24) is 9.97 Å². The fourth-order valence-electron chi connectivity index (χ4n) is 2.36. The van der Waals surface area contributed by atoms with E-state index >= 15 is 0 Å². The molecule has 130 valence electrons. The Morgan fingerprint density at radius 3 is 2.31 bits per heavy atom. The summed E-state index contributed by atoms with van der Waals surface area (Å²) in [7, 11) is 0. The van der Waals surface area contributed by atoms with E-state index in [0.717, 1.165) is 11.3 Å². The smallest absolute Gasteiger partial charge is 0.257 e. The fraction of sp³-hybridized carbons (Fsp3) is 0.100. The molecule has 0 aliphatic rings. The molecule has 6 heteroatoms. The van der Waals surface area contributed by atoms with Crippen molar-refractivity contribution in [2.45, 2.75) is 13.5 Å². The number of ketones is 1. The molecule has 2 aromatic heterocycles. The van der Waals surface area contributed by atoms with E-state index in [1.165, 1.54) is 13.1 Å². The molecule has 0 atom stereocenters. The highest BCUT2D eigenvalue weighted by atomic mass is 16.1. The van der Waals surface area contributed by atoms with Crippen LogP contribution in [0, 0.1) is 0 Å². The number of nitrogens with zero attached hydrogens (tertiary/aromatic N) is 2. The Bertz CT molecular complexity index is 909. The molecule has 0 aliphatic heterocycles. The molecule has 0 fully saturated rings. The number of hydrogen-bond donors (Lipinski definition) is 2. The standard InChI is InChI=1S/C20H18N4O2/c1-14(25)16-2-4-18(5-3-16)24-20(26)17-10-19(13-22-12-17)23-11-15-6-8-21-9-7-15/h2-10,12-13,23H,11H2,1H3,(H,24,26). The van der Waals surface area contributed by atoms with Gasteiger partial charge in [-0.2, -0.15) is 0 Å². The summed E-state index contributed by atoms with van der Waals surface area (Å²) in [4.78, 5) is 31.8. The molecule has 1 aromatic carbocycles. The maximum atomic E-state index is 12.4. The minimum Gasteiger partial charge on any atom is -0.380 e. The van der Waals surface area contributed by atoms with Crippen molar-refractivity contribution < 1.29 is 9.59 Å². The van der Waals surface area contributed by atoms with Gasteiger partial charge in [-0.3, -0.25) is 19.6 Å². The summed E-state index contributed by atoms with van der Waals surface area (Å²) in [5.74, 6) is -0.277. The zero-order valence-corrected chi connectivity index (χ0v) is 14.3. The molecule has 0 spiro atoms. The van der Waals surface area contributed by atoms with Crippen LogP contribution in [0.15, 0.2) is 67.3 Å². The molecule has 2 N–H and O–H groups in total. The lowest BCUT2D eigenvalue weighted by Crippen LogP contribution is -2.13.